The predicted molar refractivity (Wildman–Crippen MR) is 67.3 cm³/mol. The van der Waals surface area contributed by atoms with E-state index in [1.807, 2.05) is 4.90 Å². The second-order valence-corrected chi connectivity index (χ2v) is 15.3. The first kappa shape index (κ1) is 12.8. The summed E-state index contributed by atoms with van der Waals surface area (Å²) in [7, 11) is 0. The zero-order valence-corrected chi connectivity index (χ0v) is 12.4. The third-order valence-electron chi connectivity index (χ3n) is 3.83. The van der Waals surface area contributed by atoms with Crippen molar-refractivity contribution in [2.45, 2.75) is 49.4 Å². The molecule has 0 aromatic heterocycles. The van der Waals surface area contributed by atoms with Gasteiger partial charge in [0.2, 0.25) is 0 Å². The Labute approximate surface area is 96.1 Å². The topological polar surface area (TPSA) is 20.3 Å². The molecule has 2 nitrogen and oxygen atoms in total. The normalized spacial score (nSPS) is 18.1. The molecule has 0 saturated carbocycles. The molecule has 1 aliphatic heterocycles. The van der Waals surface area contributed by atoms with Crippen molar-refractivity contribution in [3.8, 4) is 0 Å². The van der Waals surface area contributed by atoms with Crippen LogP contribution in [0.5, 0.6) is 0 Å². The van der Waals surface area contributed by atoms with Crippen molar-refractivity contribution in [1.29, 1.82) is 0 Å². The Morgan fingerprint density at radius 3 is 2.27 bits per heavy atom. The first-order valence-electron chi connectivity index (χ1n) is 6.16. The molecule has 0 aromatic rings. The van der Waals surface area contributed by atoms with Crippen molar-refractivity contribution < 1.29 is 4.79 Å². The molecule has 0 aliphatic carbocycles. The van der Waals surface area contributed by atoms with Gasteiger partial charge in [-0.25, -0.2) is 0 Å². The Balaban J connectivity index is 2.64. The molecular formula is C12H23GeNO. The molecule has 0 spiro atoms. The maximum absolute atomic E-state index is 11.5. The van der Waals surface area contributed by atoms with E-state index in [1.165, 1.54) is 15.8 Å². The van der Waals surface area contributed by atoms with Crippen LogP contribution in [0.25, 0.3) is 0 Å². The second-order valence-electron chi connectivity index (χ2n) is 4.43. The van der Waals surface area contributed by atoms with Crippen LogP contribution in [-0.2, 0) is 4.79 Å². The SMILES string of the molecule is C[CH2][Ge](/[CH]=C/N1CCCC1=O)([CH2]C)[CH2]C. The summed E-state index contributed by atoms with van der Waals surface area (Å²) >= 11 is -1.71. The van der Waals surface area contributed by atoms with Crippen molar-refractivity contribution in [3.05, 3.63) is 11.1 Å². The van der Waals surface area contributed by atoms with Gasteiger partial charge >= 0.3 is 95.9 Å². The van der Waals surface area contributed by atoms with Crippen molar-refractivity contribution in [1.82, 2.24) is 4.90 Å². The minimum atomic E-state index is -1.71. The number of carbonyl (C=O) groups is 1. The number of amides is 1. The Bertz CT molecular complexity index is 238. The first-order valence-corrected chi connectivity index (χ1v) is 11.8. The van der Waals surface area contributed by atoms with E-state index in [4.69, 9.17) is 0 Å². The average Bonchev–Trinajstić information content (AvgIpc) is 2.67. The number of carbonyl (C=O) groups excluding carboxylic acids is 1. The van der Waals surface area contributed by atoms with Crippen LogP contribution in [0.1, 0.15) is 33.6 Å². The number of rotatable bonds is 5. The molecule has 0 bridgehead atoms. The maximum atomic E-state index is 11.5. The molecule has 0 N–H and O–H groups in total. The molecule has 0 atom stereocenters. The number of hydrogen-bond acceptors (Lipinski definition) is 1. The van der Waals surface area contributed by atoms with E-state index < -0.39 is 13.3 Å². The summed E-state index contributed by atoms with van der Waals surface area (Å²) in [5.41, 5.74) is 0. The number of likely N-dealkylation sites (tertiary alicyclic amines) is 1. The van der Waals surface area contributed by atoms with Crippen LogP contribution in [0, 0.1) is 0 Å². The molecule has 0 aromatic carbocycles. The van der Waals surface area contributed by atoms with Crippen LogP contribution in [0.4, 0.5) is 0 Å². The molecule has 1 fully saturated rings. The van der Waals surface area contributed by atoms with Gasteiger partial charge in [-0.2, -0.15) is 0 Å². The summed E-state index contributed by atoms with van der Waals surface area (Å²) in [5, 5.41) is 4.02. The summed E-state index contributed by atoms with van der Waals surface area (Å²) < 4.78 is 0. The Kier molecular flexibility index (Phi) is 4.90. The summed E-state index contributed by atoms with van der Waals surface area (Å²) in [4.78, 5) is 15.8. The van der Waals surface area contributed by atoms with E-state index in [9.17, 15) is 4.79 Å². The van der Waals surface area contributed by atoms with E-state index in [1.54, 1.807) is 0 Å². The van der Waals surface area contributed by atoms with Gasteiger partial charge in [0, 0.05) is 0 Å². The minimum absolute atomic E-state index is 0.311. The Morgan fingerprint density at radius 2 is 1.87 bits per heavy atom. The molecule has 0 radical (unpaired) electrons. The third-order valence-corrected chi connectivity index (χ3v) is 14.5. The molecule has 86 valence electrons. The predicted octanol–water partition coefficient (Wildman–Crippen LogP) is 3.17. The Hall–Kier alpha value is -0.247. The quantitative estimate of drug-likeness (QED) is 0.702. The molecule has 3 heteroatoms. The average molecular weight is 270 g/mol. The molecule has 1 rings (SSSR count). The second kappa shape index (κ2) is 5.73. The zero-order valence-electron chi connectivity index (χ0n) is 10.3. The van der Waals surface area contributed by atoms with Gasteiger partial charge in [-0.15, -0.1) is 0 Å². The van der Waals surface area contributed by atoms with Gasteiger partial charge in [0.25, 0.3) is 0 Å². The summed E-state index contributed by atoms with van der Waals surface area (Å²) in [6, 6.07) is 0. The molecule has 1 saturated heterocycles. The van der Waals surface area contributed by atoms with Crippen molar-refractivity contribution in [2.24, 2.45) is 0 Å². The standard InChI is InChI=1S/C12H23GeNO/c1-4-13(5-2,6-3)9-11-14-10-7-8-12(14)15/h9,11H,4-8,10H2,1-3H3/b11-9+. The van der Waals surface area contributed by atoms with Crippen LogP contribution in [-0.4, -0.2) is 30.6 Å². The first-order chi connectivity index (χ1) is 7.17. The monoisotopic (exact) mass is 271 g/mol. The van der Waals surface area contributed by atoms with E-state index in [-0.39, 0.29) is 0 Å². The fourth-order valence-electron chi connectivity index (χ4n) is 2.18. The molecule has 15 heavy (non-hydrogen) atoms. The summed E-state index contributed by atoms with van der Waals surface area (Å²) in [6.07, 6.45) is 3.88. The molecule has 1 aliphatic rings. The summed E-state index contributed by atoms with van der Waals surface area (Å²) in [6.45, 7) is 7.86. The number of nitrogens with zero attached hydrogens (tertiary/aromatic N) is 1. The van der Waals surface area contributed by atoms with Gasteiger partial charge in [-0.1, -0.05) is 0 Å². The fraction of sp³-hybridized carbons (Fsp3) is 0.750. The van der Waals surface area contributed by atoms with E-state index in [0.29, 0.717) is 5.91 Å². The van der Waals surface area contributed by atoms with E-state index in [0.717, 1.165) is 19.4 Å². The fourth-order valence-corrected chi connectivity index (χ4v) is 7.85. The summed E-state index contributed by atoms with van der Waals surface area (Å²) in [5.74, 6) is 0.311. The van der Waals surface area contributed by atoms with Crippen LogP contribution >= 0.6 is 0 Å². The zero-order chi connectivity index (χ0) is 11.3. The third kappa shape index (κ3) is 3.10. The molecule has 1 amide bonds. The molecule has 1 heterocycles. The van der Waals surface area contributed by atoms with Gasteiger partial charge in [-0.3, -0.25) is 0 Å². The van der Waals surface area contributed by atoms with Gasteiger partial charge in [0.15, 0.2) is 0 Å². The van der Waals surface area contributed by atoms with Crippen molar-refractivity contribution >= 4 is 19.2 Å². The van der Waals surface area contributed by atoms with Crippen LogP contribution < -0.4 is 0 Å². The van der Waals surface area contributed by atoms with Crippen LogP contribution in [0.15, 0.2) is 11.1 Å². The Morgan fingerprint density at radius 1 is 1.27 bits per heavy atom. The van der Waals surface area contributed by atoms with Crippen molar-refractivity contribution in [3.63, 3.8) is 0 Å². The molecular weight excluding hydrogens is 247 g/mol. The van der Waals surface area contributed by atoms with Gasteiger partial charge in [0.1, 0.15) is 0 Å². The van der Waals surface area contributed by atoms with Crippen molar-refractivity contribution in [2.75, 3.05) is 6.54 Å². The number of hydrogen-bond donors (Lipinski definition) is 0. The van der Waals surface area contributed by atoms with E-state index >= 15 is 0 Å². The van der Waals surface area contributed by atoms with Crippen LogP contribution in [0.2, 0.25) is 15.8 Å². The molecule has 0 unspecified atom stereocenters. The van der Waals surface area contributed by atoms with E-state index in [2.05, 4.69) is 31.9 Å². The van der Waals surface area contributed by atoms with Gasteiger partial charge in [-0.05, 0) is 0 Å². The van der Waals surface area contributed by atoms with Crippen LogP contribution in [0.3, 0.4) is 0 Å². The van der Waals surface area contributed by atoms with Gasteiger partial charge in [0.05, 0.1) is 0 Å². The van der Waals surface area contributed by atoms with Gasteiger partial charge < -0.3 is 0 Å².